The number of hydrogen-bond acceptors (Lipinski definition) is 6. The first kappa shape index (κ1) is 22.7. The van der Waals surface area contributed by atoms with Crippen LogP contribution in [-0.4, -0.2) is 47.2 Å². The number of likely N-dealkylation sites (tertiary alicyclic amines) is 1. The van der Waals surface area contributed by atoms with Crippen molar-refractivity contribution in [2.75, 3.05) is 30.8 Å². The zero-order valence-corrected chi connectivity index (χ0v) is 19.7. The fourth-order valence-electron chi connectivity index (χ4n) is 3.79. The number of benzene rings is 2. The van der Waals surface area contributed by atoms with Crippen LogP contribution in [0.4, 0.5) is 16.2 Å². The van der Waals surface area contributed by atoms with Gasteiger partial charge in [-0.15, -0.1) is 10.2 Å². The molecule has 3 amide bonds. The molecule has 2 heterocycles. The maximum atomic E-state index is 12.9. The van der Waals surface area contributed by atoms with Crippen LogP contribution >= 0.6 is 11.3 Å². The van der Waals surface area contributed by atoms with Crippen LogP contribution in [0.5, 0.6) is 5.75 Å². The Morgan fingerprint density at radius 2 is 1.82 bits per heavy atom. The third-order valence-electron chi connectivity index (χ3n) is 5.60. The van der Waals surface area contributed by atoms with E-state index < -0.39 is 0 Å². The summed E-state index contributed by atoms with van der Waals surface area (Å²) >= 11 is 1.28. The van der Waals surface area contributed by atoms with Crippen molar-refractivity contribution in [1.82, 2.24) is 15.1 Å². The highest BCUT2D eigenvalue weighted by Gasteiger charge is 2.28. The van der Waals surface area contributed by atoms with Gasteiger partial charge in [-0.2, -0.15) is 0 Å². The quantitative estimate of drug-likeness (QED) is 0.563. The molecule has 9 heteroatoms. The fourth-order valence-corrected chi connectivity index (χ4v) is 4.65. The third kappa shape index (κ3) is 5.48. The number of aryl methyl sites for hydroxylation is 2. The van der Waals surface area contributed by atoms with Gasteiger partial charge in [0.2, 0.25) is 5.01 Å². The molecular formula is C24H27N5O3S. The summed E-state index contributed by atoms with van der Waals surface area (Å²) in [6, 6.07) is 13.1. The van der Waals surface area contributed by atoms with E-state index in [1.165, 1.54) is 11.3 Å². The van der Waals surface area contributed by atoms with E-state index in [2.05, 4.69) is 20.8 Å². The summed E-state index contributed by atoms with van der Waals surface area (Å²) in [4.78, 5) is 27.3. The number of piperidine rings is 1. The Labute approximate surface area is 197 Å². The van der Waals surface area contributed by atoms with Gasteiger partial charge in [-0.3, -0.25) is 4.79 Å². The van der Waals surface area contributed by atoms with Gasteiger partial charge in [-0.05, 0) is 56.5 Å². The van der Waals surface area contributed by atoms with Crippen LogP contribution < -0.4 is 15.4 Å². The number of hydrogen-bond donors (Lipinski definition) is 2. The van der Waals surface area contributed by atoms with E-state index in [1.807, 2.05) is 56.3 Å². The summed E-state index contributed by atoms with van der Waals surface area (Å²) in [7, 11) is 1.58. The van der Waals surface area contributed by atoms with Crippen molar-refractivity contribution in [2.24, 2.45) is 0 Å². The van der Waals surface area contributed by atoms with Crippen molar-refractivity contribution in [3.8, 4) is 5.75 Å². The predicted molar refractivity (Wildman–Crippen MR) is 129 cm³/mol. The largest absolute Gasteiger partial charge is 0.495 e. The van der Waals surface area contributed by atoms with Crippen LogP contribution in [0, 0.1) is 13.8 Å². The molecule has 1 aliphatic rings. The Balaban J connectivity index is 1.40. The average Bonchev–Trinajstić information content (AvgIpc) is 3.31. The number of nitrogens with zero attached hydrogens (tertiary/aromatic N) is 3. The van der Waals surface area contributed by atoms with Crippen molar-refractivity contribution in [3.05, 3.63) is 63.6 Å². The Hall–Kier alpha value is -3.46. The van der Waals surface area contributed by atoms with E-state index in [0.717, 1.165) is 34.7 Å². The van der Waals surface area contributed by atoms with Gasteiger partial charge < -0.3 is 20.3 Å². The molecule has 0 spiro atoms. The maximum absolute atomic E-state index is 12.9. The van der Waals surface area contributed by atoms with Gasteiger partial charge in [-0.1, -0.05) is 35.1 Å². The monoisotopic (exact) mass is 465 g/mol. The predicted octanol–water partition coefficient (Wildman–Crippen LogP) is 4.83. The zero-order chi connectivity index (χ0) is 23.4. The Bertz CT molecular complexity index is 1150. The zero-order valence-electron chi connectivity index (χ0n) is 18.9. The molecule has 0 saturated carbocycles. The van der Waals surface area contributed by atoms with Gasteiger partial charge in [0.25, 0.3) is 5.91 Å². The van der Waals surface area contributed by atoms with Crippen LogP contribution in [-0.2, 0) is 0 Å². The molecular weight excluding hydrogens is 438 g/mol. The standard InChI is InChI=1S/C24H27N5O3S/c1-15-6-9-18(10-7-15)25-21(30)23-28-27-22(33-23)17-5-4-12-29(14-17)24(31)26-19-13-16(2)8-11-20(19)32-3/h6-11,13,17H,4-5,12,14H2,1-3H3,(H,25,30)(H,26,31)/t17-/m1/s1. The van der Waals surface area contributed by atoms with Gasteiger partial charge >= 0.3 is 6.03 Å². The molecule has 172 valence electrons. The first-order valence-electron chi connectivity index (χ1n) is 10.8. The van der Waals surface area contributed by atoms with Crippen molar-refractivity contribution in [3.63, 3.8) is 0 Å². The molecule has 1 aromatic heterocycles. The molecule has 1 atom stereocenters. The first-order chi connectivity index (χ1) is 15.9. The lowest BCUT2D eigenvalue weighted by molar-refractivity contribution is 0.102. The molecule has 0 unspecified atom stereocenters. The molecule has 0 aliphatic carbocycles. The minimum atomic E-state index is -0.278. The first-order valence-corrected chi connectivity index (χ1v) is 11.7. The van der Waals surface area contributed by atoms with Gasteiger partial charge in [0.05, 0.1) is 12.8 Å². The minimum Gasteiger partial charge on any atom is -0.495 e. The molecule has 4 rings (SSSR count). The smallest absolute Gasteiger partial charge is 0.321 e. The van der Waals surface area contributed by atoms with Crippen molar-refractivity contribution in [2.45, 2.75) is 32.6 Å². The summed E-state index contributed by atoms with van der Waals surface area (Å²) in [5, 5.41) is 15.3. The number of nitrogens with one attached hydrogen (secondary N) is 2. The number of carbonyl (C=O) groups excluding carboxylic acids is 2. The van der Waals surface area contributed by atoms with Crippen LogP contribution in [0.3, 0.4) is 0 Å². The van der Waals surface area contributed by atoms with E-state index in [0.29, 0.717) is 29.5 Å². The van der Waals surface area contributed by atoms with Gasteiger partial charge in [0.15, 0.2) is 0 Å². The summed E-state index contributed by atoms with van der Waals surface area (Å²) < 4.78 is 5.36. The van der Waals surface area contributed by atoms with Gasteiger partial charge in [0.1, 0.15) is 10.8 Å². The lowest BCUT2D eigenvalue weighted by atomic mass is 9.99. The summed E-state index contributed by atoms with van der Waals surface area (Å²) in [5.74, 6) is 0.387. The van der Waals surface area contributed by atoms with Crippen molar-refractivity contribution < 1.29 is 14.3 Å². The topological polar surface area (TPSA) is 96.4 Å². The SMILES string of the molecule is COc1ccc(C)cc1NC(=O)N1CCC[C@@H](c2nnc(C(=O)Nc3ccc(C)cc3)s2)C1. The van der Waals surface area contributed by atoms with E-state index in [1.54, 1.807) is 12.0 Å². The second-order valence-electron chi connectivity index (χ2n) is 8.18. The second kappa shape index (κ2) is 9.99. The molecule has 33 heavy (non-hydrogen) atoms. The highest BCUT2D eigenvalue weighted by Crippen LogP contribution is 2.31. The molecule has 2 aromatic carbocycles. The number of carbonyl (C=O) groups is 2. The highest BCUT2D eigenvalue weighted by atomic mass is 32.1. The highest BCUT2D eigenvalue weighted by molar-refractivity contribution is 7.13. The number of ether oxygens (including phenoxy) is 1. The van der Waals surface area contributed by atoms with Gasteiger partial charge in [-0.25, -0.2) is 4.79 Å². The number of amides is 3. The summed E-state index contributed by atoms with van der Waals surface area (Å²) in [5.41, 5.74) is 3.52. The van der Waals surface area contributed by atoms with E-state index in [4.69, 9.17) is 4.74 Å². The van der Waals surface area contributed by atoms with Crippen molar-refractivity contribution >= 4 is 34.6 Å². The lowest BCUT2D eigenvalue weighted by Gasteiger charge is -2.31. The van der Waals surface area contributed by atoms with Crippen molar-refractivity contribution in [1.29, 1.82) is 0 Å². The Morgan fingerprint density at radius 1 is 1.06 bits per heavy atom. The number of anilines is 2. The fraction of sp³-hybridized carbons (Fsp3) is 0.333. The molecule has 2 N–H and O–H groups in total. The number of methoxy groups -OCH3 is 1. The van der Waals surface area contributed by atoms with Crippen LogP contribution in [0.1, 0.15) is 44.7 Å². The number of rotatable bonds is 5. The number of aromatic nitrogens is 2. The number of urea groups is 1. The molecule has 0 bridgehead atoms. The molecule has 3 aromatic rings. The van der Waals surface area contributed by atoms with E-state index in [-0.39, 0.29) is 17.9 Å². The normalized spacial score (nSPS) is 15.7. The minimum absolute atomic E-state index is 0.0438. The van der Waals surface area contributed by atoms with E-state index >= 15 is 0 Å². The third-order valence-corrected chi connectivity index (χ3v) is 6.68. The Morgan fingerprint density at radius 3 is 2.58 bits per heavy atom. The molecule has 1 aliphatic heterocycles. The molecule has 1 saturated heterocycles. The summed E-state index contributed by atoms with van der Waals surface area (Å²) in [6.45, 7) is 5.14. The van der Waals surface area contributed by atoms with Crippen LogP contribution in [0.25, 0.3) is 0 Å². The second-order valence-corrected chi connectivity index (χ2v) is 9.19. The molecule has 8 nitrogen and oxygen atoms in total. The van der Waals surface area contributed by atoms with Crippen LogP contribution in [0.2, 0.25) is 0 Å². The summed E-state index contributed by atoms with van der Waals surface area (Å²) in [6.07, 6.45) is 1.75. The maximum Gasteiger partial charge on any atom is 0.321 e. The molecule has 1 fully saturated rings. The van der Waals surface area contributed by atoms with Crippen LogP contribution in [0.15, 0.2) is 42.5 Å². The van der Waals surface area contributed by atoms with E-state index in [9.17, 15) is 9.59 Å². The van der Waals surface area contributed by atoms with Gasteiger partial charge in [0, 0.05) is 24.7 Å². The Kier molecular flexibility index (Phi) is 6.88. The molecule has 0 radical (unpaired) electrons. The average molecular weight is 466 g/mol. The lowest BCUT2D eigenvalue weighted by Crippen LogP contribution is -2.41.